The number of hydrogen-bond donors (Lipinski definition) is 4. The fourth-order valence-electron chi connectivity index (χ4n) is 3.61. The van der Waals surface area contributed by atoms with Crippen molar-refractivity contribution in [3.05, 3.63) is 48.1 Å². The van der Waals surface area contributed by atoms with E-state index in [2.05, 4.69) is 22.5 Å². The molecular formula is C22H31F2N3O4. The Morgan fingerprint density at radius 2 is 2.10 bits per heavy atom. The summed E-state index contributed by atoms with van der Waals surface area (Å²) in [4.78, 5) is 24.3. The Hall–Kier alpha value is -2.36. The van der Waals surface area contributed by atoms with Crippen molar-refractivity contribution >= 4 is 11.8 Å². The van der Waals surface area contributed by atoms with Gasteiger partial charge in [-0.2, -0.15) is 0 Å². The number of amides is 2. The zero-order valence-corrected chi connectivity index (χ0v) is 17.7. The van der Waals surface area contributed by atoms with Crippen molar-refractivity contribution in [2.75, 3.05) is 19.7 Å². The van der Waals surface area contributed by atoms with E-state index in [1.165, 1.54) is 6.08 Å². The normalized spacial score (nSPS) is 25.7. The summed E-state index contributed by atoms with van der Waals surface area (Å²) in [6, 6.07) is 0.0664. The van der Waals surface area contributed by atoms with Crippen molar-refractivity contribution in [2.24, 2.45) is 5.92 Å². The van der Waals surface area contributed by atoms with Crippen LogP contribution in [0.25, 0.3) is 0 Å². The van der Waals surface area contributed by atoms with E-state index < -0.39 is 5.83 Å². The molecule has 0 aromatic carbocycles. The molecule has 2 amide bonds. The number of ether oxygens (including phenoxy) is 1. The Morgan fingerprint density at radius 3 is 2.71 bits per heavy atom. The molecule has 3 unspecified atom stereocenters. The maximum absolute atomic E-state index is 12.4. The predicted octanol–water partition coefficient (Wildman–Crippen LogP) is 1.92. The van der Waals surface area contributed by atoms with Gasteiger partial charge in [0.05, 0.1) is 25.5 Å². The fourth-order valence-corrected chi connectivity index (χ4v) is 3.61. The van der Waals surface area contributed by atoms with Crippen molar-refractivity contribution < 1.29 is 28.2 Å². The summed E-state index contributed by atoms with van der Waals surface area (Å²) in [6.45, 7) is 5.76. The topological polar surface area (TPSA) is 99.7 Å². The summed E-state index contributed by atoms with van der Waals surface area (Å²) < 4.78 is 28.7. The van der Waals surface area contributed by atoms with E-state index in [0.717, 1.165) is 43.5 Å². The lowest BCUT2D eigenvalue weighted by Crippen LogP contribution is -2.59. The number of carbonyl (C=O) groups excluding carboxylic acids is 2. The van der Waals surface area contributed by atoms with E-state index in [1.54, 1.807) is 0 Å². The number of carbonyl (C=O) groups is 2. The van der Waals surface area contributed by atoms with Gasteiger partial charge in [0.15, 0.2) is 0 Å². The third kappa shape index (κ3) is 8.01. The van der Waals surface area contributed by atoms with Crippen molar-refractivity contribution in [3.63, 3.8) is 0 Å². The molecule has 31 heavy (non-hydrogen) atoms. The Kier molecular flexibility index (Phi) is 10.0. The van der Waals surface area contributed by atoms with Gasteiger partial charge < -0.3 is 20.5 Å². The zero-order valence-electron chi connectivity index (χ0n) is 17.7. The first-order valence-corrected chi connectivity index (χ1v) is 10.4. The molecule has 1 saturated carbocycles. The number of fused-ring (bicyclic) bond motifs is 1. The molecule has 0 spiro atoms. The lowest BCUT2D eigenvalue weighted by atomic mass is 9.79. The molecule has 2 heterocycles. The van der Waals surface area contributed by atoms with Crippen LogP contribution in [0.3, 0.4) is 0 Å². The molecule has 0 aromatic heterocycles. The first-order valence-electron chi connectivity index (χ1n) is 10.4. The number of piperidine rings is 1. The van der Waals surface area contributed by atoms with Gasteiger partial charge in [-0.25, -0.2) is 8.78 Å². The number of rotatable bonds is 8. The highest BCUT2D eigenvalue weighted by atomic mass is 19.1. The Bertz CT molecular complexity index is 747. The van der Waals surface area contributed by atoms with Crippen LogP contribution in [0, 0.1) is 5.92 Å². The highest BCUT2D eigenvalue weighted by molar-refractivity contribution is 6.00. The van der Waals surface area contributed by atoms with Crippen molar-refractivity contribution in [3.8, 4) is 0 Å². The summed E-state index contributed by atoms with van der Waals surface area (Å²) in [5, 5.41) is 17.8. The molecule has 3 aliphatic rings. The highest BCUT2D eigenvalue weighted by Crippen LogP contribution is 2.35. The first kappa shape index (κ1) is 24.9. The average molecular weight is 440 g/mol. The summed E-state index contributed by atoms with van der Waals surface area (Å²) >= 11 is 0. The molecule has 1 saturated heterocycles. The quantitative estimate of drug-likeness (QED) is 0.433. The van der Waals surface area contributed by atoms with E-state index in [4.69, 9.17) is 9.84 Å². The lowest BCUT2D eigenvalue weighted by molar-refractivity contribution is -0.125. The number of allylic oxidation sites excluding steroid dienone is 4. The van der Waals surface area contributed by atoms with Gasteiger partial charge in [-0.15, -0.1) is 0 Å². The lowest BCUT2D eigenvalue weighted by Gasteiger charge is -2.43. The minimum absolute atomic E-state index is 0.0387. The molecule has 172 valence electrons. The molecule has 0 bridgehead atoms. The van der Waals surface area contributed by atoms with Gasteiger partial charge >= 0.3 is 0 Å². The second kappa shape index (κ2) is 12.5. The first-order chi connectivity index (χ1) is 14.9. The SMILES string of the molecule is C=C(F)/C=C\C=C\F.CC1=C(CC(=O)NCCO)C(=O)NC2CCNC(OC3CC3)C12. The number of aliphatic hydroxyl groups is 1. The second-order valence-electron chi connectivity index (χ2n) is 7.64. The van der Waals surface area contributed by atoms with Crippen molar-refractivity contribution in [1.29, 1.82) is 0 Å². The summed E-state index contributed by atoms with van der Waals surface area (Å²) in [7, 11) is 0. The van der Waals surface area contributed by atoms with Crippen molar-refractivity contribution in [2.45, 2.75) is 51.0 Å². The van der Waals surface area contributed by atoms with Gasteiger partial charge in [-0.3, -0.25) is 14.9 Å². The van der Waals surface area contributed by atoms with Gasteiger partial charge in [0.25, 0.3) is 0 Å². The van der Waals surface area contributed by atoms with Gasteiger partial charge in [0, 0.05) is 24.1 Å². The van der Waals surface area contributed by atoms with Crippen LogP contribution in [0.1, 0.15) is 32.6 Å². The van der Waals surface area contributed by atoms with Gasteiger partial charge in [0.2, 0.25) is 11.8 Å². The van der Waals surface area contributed by atoms with Gasteiger partial charge in [-0.1, -0.05) is 18.2 Å². The summed E-state index contributed by atoms with van der Waals surface area (Å²) in [5.41, 5.74) is 1.46. The minimum Gasteiger partial charge on any atom is -0.395 e. The zero-order chi connectivity index (χ0) is 22.8. The van der Waals surface area contributed by atoms with E-state index in [1.807, 2.05) is 6.92 Å². The largest absolute Gasteiger partial charge is 0.395 e. The fraction of sp³-hybridized carbons (Fsp3) is 0.545. The van der Waals surface area contributed by atoms with E-state index in [9.17, 15) is 18.4 Å². The molecular weight excluding hydrogens is 408 g/mol. The molecule has 0 aromatic rings. The molecule has 3 rings (SSSR count). The molecule has 7 nitrogen and oxygen atoms in total. The monoisotopic (exact) mass is 439 g/mol. The maximum atomic E-state index is 12.4. The number of nitrogens with one attached hydrogen (secondary N) is 3. The average Bonchev–Trinajstić information content (AvgIpc) is 3.54. The third-order valence-corrected chi connectivity index (χ3v) is 5.22. The van der Waals surface area contributed by atoms with Crippen LogP contribution in [-0.2, 0) is 14.3 Å². The van der Waals surface area contributed by atoms with Crippen molar-refractivity contribution in [1.82, 2.24) is 16.0 Å². The Balaban J connectivity index is 0.000000366. The Morgan fingerprint density at radius 1 is 1.35 bits per heavy atom. The molecule has 3 atom stereocenters. The van der Waals surface area contributed by atoms with Crippen LogP contribution >= 0.6 is 0 Å². The van der Waals surface area contributed by atoms with E-state index >= 15 is 0 Å². The molecule has 0 radical (unpaired) electrons. The third-order valence-electron chi connectivity index (χ3n) is 5.22. The van der Waals surface area contributed by atoms with Crippen LogP contribution < -0.4 is 16.0 Å². The molecule has 2 fully saturated rings. The number of aliphatic hydroxyl groups excluding tert-OH is 1. The van der Waals surface area contributed by atoms with E-state index in [-0.39, 0.29) is 49.6 Å². The predicted molar refractivity (Wildman–Crippen MR) is 113 cm³/mol. The standard InChI is InChI=1S/C16H25N3O4.C6H6F2/c1-9-11(8-13(21)17-6-7-20)15(22)19-12-4-5-18-16(14(9)12)23-10-2-3-10;1-6(8)4-2-3-5-7/h10,12,14,16,18,20H,2-8H2,1H3,(H,17,21)(H,19,22);2-5H,1H2/b;4-2-,5-3+. The summed E-state index contributed by atoms with van der Waals surface area (Å²) in [5.74, 6) is -0.911. The number of halogens is 2. The van der Waals surface area contributed by atoms with Crippen LogP contribution in [0.4, 0.5) is 8.78 Å². The molecule has 9 heteroatoms. The molecule has 2 aliphatic heterocycles. The second-order valence-corrected chi connectivity index (χ2v) is 7.64. The summed E-state index contributed by atoms with van der Waals surface area (Å²) in [6.07, 6.45) is 7.01. The molecule has 4 N–H and O–H groups in total. The van der Waals surface area contributed by atoms with Gasteiger partial charge in [0.1, 0.15) is 12.1 Å². The van der Waals surface area contributed by atoms with Gasteiger partial charge in [-0.05, 0) is 44.9 Å². The van der Waals surface area contributed by atoms with Crippen LogP contribution in [0.5, 0.6) is 0 Å². The highest BCUT2D eigenvalue weighted by Gasteiger charge is 2.43. The van der Waals surface area contributed by atoms with Crippen LogP contribution in [0.2, 0.25) is 0 Å². The van der Waals surface area contributed by atoms with Crippen LogP contribution in [0.15, 0.2) is 48.1 Å². The minimum atomic E-state index is -0.580. The number of hydrogen-bond acceptors (Lipinski definition) is 5. The maximum Gasteiger partial charge on any atom is 0.247 e. The Labute approximate surface area is 181 Å². The van der Waals surface area contributed by atoms with Crippen LogP contribution in [-0.4, -0.2) is 55.0 Å². The van der Waals surface area contributed by atoms with E-state index in [0.29, 0.717) is 18.0 Å². The molecule has 1 aliphatic carbocycles. The smallest absolute Gasteiger partial charge is 0.247 e.